The fourth-order valence-corrected chi connectivity index (χ4v) is 1.79. The average Bonchev–Trinajstić information content (AvgIpc) is 2.07. The number of carbonyl (C=O) groups excluding carboxylic acids is 1. The van der Waals surface area contributed by atoms with Gasteiger partial charge in [0.2, 0.25) is 0 Å². The molecule has 1 saturated carbocycles. The Balaban J connectivity index is 2.44. The summed E-state index contributed by atoms with van der Waals surface area (Å²) in [5.74, 6) is 0. The van der Waals surface area contributed by atoms with Crippen LogP contribution in [0.1, 0.15) is 46.5 Å². The standard InChI is InChI=1S/C11H23N3O2/c1-10(2,3)16-9(15)14-11(13)6-4-8(12)5-7-11/h8H,4-7,12-13H2,1-3H3,(H,14,15)/t8-,11-. The number of hydrogen-bond donors (Lipinski definition) is 3. The van der Waals surface area contributed by atoms with Gasteiger partial charge in [-0.1, -0.05) is 0 Å². The Morgan fingerprint density at radius 3 is 2.31 bits per heavy atom. The monoisotopic (exact) mass is 229 g/mol. The molecule has 94 valence electrons. The number of carbonyl (C=O) groups is 1. The third kappa shape index (κ3) is 4.37. The quantitative estimate of drug-likeness (QED) is 0.586. The first kappa shape index (κ1) is 13.3. The minimum atomic E-state index is -0.655. The number of alkyl carbamates (subject to hydrolysis) is 1. The summed E-state index contributed by atoms with van der Waals surface area (Å²) in [4.78, 5) is 11.6. The van der Waals surface area contributed by atoms with E-state index >= 15 is 0 Å². The van der Waals surface area contributed by atoms with Crippen molar-refractivity contribution in [3.05, 3.63) is 0 Å². The molecule has 0 atom stereocenters. The Morgan fingerprint density at radius 1 is 1.38 bits per heavy atom. The molecule has 1 rings (SSSR count). The Bertz CT molecular complexity index is 252. The van der Waals surface area contributed by atoms with Gasteiger partial charge in [0.1, 0.15) is 5.60 Å². The minimum absolute atomic E-state index is 0.206. The molecule has 5 N–H and O–H groups in total. The van der Waals surface area contributed by atoms with Crippen molar-refractivity contribution in [2.24, 2.45) is 11.5 Å². The second-order valence-corrected chi connectivity index (χ2v) is 5.62. The van der Waals surface area contributed by atoms with Crippen molar-refractivity contribution in [1.29, 1.82) is 0 Å². The van der Waals surface area contributed by atoms with Crippen LogP contribution in [-0.2, 0) is 4.74 Å². The third-order valence-corrected chi connectivity index (χ3v) is 2.67. The van der Waals surface area contributed by atoms with Gasteiger partial charge < -0.3 is 21.5 Å². The van der Waals surface area contributed by atoms with Crippen LogP contribution in [0.2, 0.25) is 0 Å². The maximum atomic E-state index is 11.6. The number of ether oxygens (including phenoxy) is 1. The molecule has 0 saturated heterocycles. The minimum Gasteiger partial charge on any atom is -0.444 e. The van der Waals surface area contributed by atoms with Gasteiger partial charge in [-0.3, -0.25) is 0 Å². The molecule has 1 aliphatic rings. The van der Waals surface area contributed by atoms with E-state index in [9.17, 15) is 4.79 Å². The zero-order chi connectivity index (χ0) is 12.4. The van der Waals surface area contributed by atoms with Gasteiger partial charge in [0.25, 0.3) is 0 Å². The molecular formula is C11H23N3O2. The number of hydrogen-bond acceptors (Lipinski definition) is 4. The lowest BCUT2D eigenvalue weighted by Gasteiger charge is -2.36. The summed E-state index contributed by atoms with van der Waals surface area (Å²) in [6, 6.07) is 0.206. The Kier molecular flexibility index (Phi) is 3.80. The number of nitrogens with two attached hydrogens (primary N) is 2. The summed E-state index contributed by atoms with van der Waals surface area (Å²) in [5.41, 5.74) is 10.7. The van der Waals surface area contributed by atoms with E-state index in [-0.39, 0.29) is 6.04 Å². The molecule has 0 radical (unpaired) electrons. The fraction of sp³-hybridized carbons (Fsp3) is 0.909. The molecule has 0 aromatic carbocycles. The molecule has 1 fully saturated rings. The first-order valence-electron chi connectivity index (χ1n) is 5.76. The lowest BCUT2D eigenvalue weighted by Crippen LogP contribution is -2.59. The van der Waals surface area contributed by atoms with Crippen LogP contribution >= 0.6 is 0 Å². The van der Waals surface area contributed by atoms with Crippen LogP contribution in [0.3, 0.4) is 0 Å². The molecule has 0 spiro atoms. The van der Waals surface area contributed by atoms with Crippen molar-refractivity contribution < 1.29 is 9.53 Å². The molecule has 5 nitrogen and oxygen atoms in total. The van der Waals surface area contributed by atoms with E-state index in [2.05, 4.69) is 5.32 Å². The number of nitrogens with one attached hydrogen (secondary N) is 1. The van der Waals surface area contributed by atoms with Crippen LogP contribution < -0.4 is 16.8 Å². The normalized spacial score (nSPS) is 30.9. The molecule has 16 heavy (non-hydrogen) atoms. The van der Waals surface area contributed by atoms with Crippen molar-refractivity contribution in [2.45, 2.75) is 63.8 Å². The van der Waals surface area contributed by atoms with Crippen molar-refractivity contribution in [2.75, 3.05) is 0 Å². The van der Waals surface area contributed by atoms with E-state index < -0.39 is 17.4 Å². The third-order valence-electron chi connectivity index (χ3n) is 2.67. The summed E-state index contributed by atoms with van der Waals surface area (Å²) in [6.07, 6.45) is 2.63. The molecule has 0 aromatic rings. The second kappa shape index (κ2) is 4.59. The summed E-state index contributed by atoms with van der Waals surface area (Å²) < 4.78 is 5.17. The highest BCUT2D eigenvalue weighted by Crippen LogP contribution is 2.23. The van der Waals surface area contributed by atoms with E-state index in [1.807, 2.05) is 20.8 Å². The highest BCUT2D eigenvalue weighted by atomic mass is 16.6. The lowest BCUT2D eigenvalue weighted by molar-refractivity contribution is 0.0424. The largest absolute Gasteiger partial charge is 0.444 e. The van der Waals surface area contributed by atoms with Crippen LogP contribution in [0.25, 0.3) is 0 Å². The van der Waals surface area contributed by atoms with Gasteiger partial charge in [-0.2, -0.15) is 0 Å². The molecule has 0 bridgehead atoms. The molecular weight excluding hydrogens is 206 g/mol. The van der Waals surface area contributed by atoms with Gasteiger partial charge in [0.15, 0.2) is 0 Å². The zero-order valence-electron chi connectivity index (χ0n) is 10.4. The van der Waals surface area contributed by atoms with Crippen LogP contribution in [-0.4, -0.2) is 23.4 Å². The first-order chi connectivity index (χ1) is 7.20. The first-order valence-corrected chi connectivity index (χ1v) is 5.76. The maximum absolute atomic E-state index is 11.6. The maximum Gasteiger partial charge on any atom is 0.409 e. The predicted molar refractivity (Wildman–Crippen MR) is 62.7 cm³/mol. The Morgan fingerprint density at radius 2 is 1.88 bits per heavy atom. The van der Waals surface area contributed by atoms with Gasteiger partial charge in [0, 0.05) is 6.04 Å². The van der Waals surface area contributed by atoms with E-state index in [1.165, 1.54) is 0 Å². The molecule has 0 unspecified atom stereocenters. The molecule has 0 aromatic heterocycles. The van der Waals surface area contributed by atoms with Crippen LogP contribution in [0.5, 0.6) is 0 Å². The van der Waals surface area contributed by atoms with Crippen molar-refractivity contribution in [3.63, 3.8) is 0 Å². The Labute approximate surface area is 96.9 Å². The fourth-order valence-electron chi connectivity index (χ4n) is 1.79. The molecule has 5 heteroatoms. The van der Waals surface area contributed by atoms with Crippen LogP contribution in [0.4, 0.5) is 4.79 Å². The Hall–Kier alpha value is -0.810. The number of rotatable bonds is 1. The van der Waals surface area contributed by atoms with Crippen molar-refractivity contribution >= 4 is 6.09 Å². The van der Waals surface area contributed by atoms with Crippen molar-refractivity contribution in [1.82, 2.24) is 5.32 Å². The molecule has 0 aliphatic heterocycles. The summed E-state index contributed by atoms with van der Waals surface area (Å²) in [7, 11) is 0. The van der Waals surface area contributed by atoms with Gasteiger partial charge in [-0.15, -0.1) is 0 Å². The van der Waals surface area contributed by atoms with E-state index in [0.29, 0.717) is 12.8 Å². The molecule has 0 heterocycles. The number of amides is 1. The topological polar surface area (TPSA) is 90.4 Å². The lowest BCUT2D eigenvalue weighted by atomic mass is 9.87. The van der Waals surface area contributed by atoms with Crippen molar-refractivity contribution in [3.8, 4) is 0 Å². The highest BCUT2D eigenvalue weighted by molar-refractivity contribution is 5.68. The van der Waals surface area contributed by atoms with E-state index in [1.54, 1.807) is 0 Å². The summed E-state index contributed by atoms with van der Waals surface area (Å²) in [6.45, 7) is 5.48. The highest BCUT2D eigenvalue weighted by Gasteiger charge is 2.33. The summed E-state index contributed by atoms with van der Waals surface area (Å²) >= 11 is 0. The second-order valence-electron chi connectivity index (χ2n) is 5.62. The average molecular weight is 229 g/mol. The van der Waals surface area contributed by atoms with E-state index in [0.717, 1.165) is 12.8 Å². The SMILES string of the molecule is CC(C)(C)OC(=O)N[C@]1(N)CC[C@@H](N)CC1. The molecule has 1 aliphatic carbocycles. The van der Waals surface area contributed by atoms with Crippen LogP contribution in [0, 0.1) is 0 Å². The predicted octanol–water partition coefficient (Wildman–Crippen LogP) is 1.07. The van der Waals surface area contributed by atoms with E-state index in [4.69, 9.17) is 16.2 Å². The van der Waals surface area contributed by atoms with Gasteiger partial charge in [-0.05, 0) is 46.5 Å². The zero-order valence-corrected chi connectivity index (χ0v) is 10.4. The molecule has 1 amide bonds. The summed E-state index contributed by atoms with van der Waals surface area (Å²) in [5, 5.41) is 2.73. The van der Waals surface area contributed by atoms with Crippen LogP contribution in [0.15, 0.2) is 0 Å². The van der Waals surface area contributed by atoms with Gasteiger partial charge in [0.05, 0.1) is 5.66 Å². The van der Waals surface area contributed by atoms with Gasteiger partial charge >= 0.3 is 6.09 Å². The van der Waals surface area contributed by atoms with Gasteiger partial charge in [-0.25, -0.2) is 4.79 Å². The smallest absolute Gasteiger partial charge is 0.409 e.